The fourth-order valence-electron chi connectivity index (χ4n) is 2.27. The average molecular weight is 256 g/mol. The van der Waals surface area contributed by atoms with E-state index in [-0.39, 0.29) is 0 Å². The lowest BCUT2D eigenvalue weighted by atomic mass is 9.95. The monoisotopic (exact) mass is 255 g/mol. The van der Waals surface area contributed by atoms with Crippen molar-refractivity contribution in [1.29, 1.82) is 0 Å². The first-order valence-electron chi connectivity index (χ1n) is 5.89. The number of nitrogens with one attached hydrogen (secondary N) is 1. The molecule has 0 aromatic heterocycles. The number of rotatable bonds is 3. The molecular weight excluding hydrogens is 238 g/mol. The SMILES string of the molecule is CNC1CCCCC1Sc1ccccc1Cl. The van der Waals surface area contributed by atoms with Gasteiger partial charge in [0.25, 0.3) is 0 Å². The summed E-state index contributed by atoms with van der Waals surface area (Å²) in [5.74, 6) is 0. The van der Waals surface area contributed by atoms with Crippen LogP contribution in [0.25, 0.3) is 0 Å². The normalized spacial score (nSPS) is 25.6. The number of hydrogen-bond acceptors (Lipinski definition) is 2. The lowest BCUT2D eigenvalue weighted by molar-refractivity contribution is 0.405. The Morgan fingerprint density at radius 3 is 2.75 bits per heavy atom. The molecule has 88 valence electrons. The third-order valence-electron chi connectivity index (χ3n) is 3.19. The molecule has 0 aliphatic heterocycles. The van der Waals surface area contributed by atoms with Gasteiger partial charge in [-0.3, -0.25) is 0 Å². The van der Waals surface area contributed by atoms with E-state index in [4.69, 9.17) is 11.6 Å². The second-order valence-corrected chi connectivity index (χ2v) is 5.95. The molecule has 1 saturated carbocycles. The van der Waals surface area contributed by atoms with Gasteiger partial charge in [0, 0.05) is 16.2 Å². The summed E-state index contributed by atoms with van der Waals surface area (Å²) in [5.41, 5.74) is 0. The predicted molar refractivity (Wildman–Crippen MR) is 72.4 cm³/mol. The summed E-state index contributed by atoms with van der Waals surface area (Å²) in [5, 5.41) is 4.98. The van der Waals surface area contributed by atoms with Crippen LogP contribution in [0.4, 0.5) is 0 Å². The lowest BCUT2D eigenvalue weighted by Gasteiger charge is -2.30. The Labute approximate surface area is 107 Å². The first-order valence-corrected chi connectivity index (χ1v) is 7.15. The molecule has 0 radical (unpaired) electrons. The van der Waals surface area contributed by atoms with Crippen molar-refractivity contribution in [3.05, 3.63) is 29.3 Å². The van der Waals surface area contributed by atoms with E-state index in [1.807, 2.05) is 23.9 Å². The van der Waals surface area contributed by atoms with Gasteiger partial charge in [0.1, 0.15) is 0 Å². The van der Waals surface area contributed by atoms with Crippen molar-refractivity contribution in [2.45, 2.75) is 41.9 Å². The highest BCUT2D eigenvalue weighted by Crippen LogP contribution is 2.36. The van der Waals surface area contributed by atoms with Crippen molar-refractivity contribution in [1.82, 2.24) is 5.32 Å². The molecule has 0 bridgehead atoms. The van der Waals surface area contributed by atoms with E-state index >= 15 is 0 Å². The second kappa shape index (κ2) is 5.95. The Hall–Kier alpha value is -0.180. The molecule has 0 amide bonds. The van der Waals surface area contributed by atoms with Crippen LogP contribution in [0.15, 0.2) is 29.2 Å². The van der Waals surface area contributed by atoms with E-state index in [9.17, 15) is 0 Å². The minimum atomic E-state index is 0.634. The maximum atomic E-state index is 6.19. The molecule has 1 fully saturated rings. The third-order valence-corrected chi connectivity index (χ3v) is 5.11. The highest BCUT2D eigenvalue weighted by Gasteiger charge is 2.24. The molecule has 1 nitrogen and oxygen atoms in total. The second-order valence-electron chi connectivity index (χ2n) is 4.27. The van der Waals surface area contributed by atoms with Gasteiger partial charge in [-0.25, -0.2) is 0 Å². The van der Waals surface area contributed by atoms with Crippen LogP contribution in [-0.4, -0.2) is 18.3 Å². The van der Waals surface area contributed by atoms with Crippen LogP contribution in [0.2, 0.25) is 5.02 Å². The number of halogens is 1. The summed E-state index contributed by atoms with van der Waals surface area (Å²) >= 11 is 8.12. The maximum absolute atomic E-state index is 6.19. The van der Waals surface area contributed by atoms with Crippen LogP contribution < -0.4 is 5.32 Å². The molecule has 1 aliphatic rings. The zero-order valence-electron chi connectivity index (χ0n) is 9.58. The van der Waals surface area contributed by atoms with Crippen LogP contribution in [0.5, 0.6) is 0 Å². The van der Waals surface area contributed by atoms with Crippen molar-refractivity contribution < 1.29 is 0 Å². The van der Waals surface area contributed by atoms with Crippen molar-refractivity contribution in [2.75, 3.05) is 7.05 Å². The number of hydrogen-bond donors (Lipinski definition) is 1. The van der Waals surface area contributed by atoms with Crippen LogP contribution in [0, 0.1) is 0 Å². The van der Waals surface area contributed by atoms with Gasteiger partial charge in [-0.15, -0.1) is 11.8 Å². The van der Waals surface area contributed by atoms with Gasteiger partial charge in [-0.1, -0.05) is 36.6 Å². The fourth-order valence-corrected chi connectivity index (χ4v) is 3.93. The first kappa shape index (κ1) is 12.3. The molecule has 3 heteroatoms. The number of benzene rings is 1. The molecule has 0 spiro atoms. The molecule has 2 rings (SSSR count). The van der Waals surface area contributed by atoms with Crippen molar-refractivity contribution in [3.63, 3.8) is 0 Å². The fraction of sp³-hybridized carbons (Fsp3) is 0.538. The standard InChI is InChI=1S/C13H18ClNS/c1-15-11-7-3-5-9-13(11)16-12-8-4-2-6-10(12)14/h2,4,6,8,11,13,15H,3,5,7,9H2,1H3. The maximum Gasteiger partial charge on any atom is 0.0541 e. The Morgan fingerprint density at radius 1 is 1.25 bits per heavy atom. The lowest BCUT2D eigenvalue weighted by Crippen LogP contribution is -2.38. The van der Waals surface area contributed by atoms with Crippen molar-refractivity contribution >= 4 is 23.4 Å². The summed E-state index contributed by atoms with van der Waals surface area (Å²) < 4.78 is 0. The van der Waals surface area contributed by atoms with Crippen molar-refractivity contribution in [3.8, 4) is 0 Å². The highest BCUT2D eigenvalue weighted by atomic mass is 35.5. The Morgan fingerprint density at radius 2 is 2.00 bits per heavy atom. The molecule has 0 saturated heterocycles. The van der Waals surface area contributed by atoms with Crippen LogP contribution in [0.3, 0.4) is 0 Å². The molecule has 1 aromatic carbocycles. The van der Waals surface area contributed by atoms with E-state index in [0.717, 1.165) is 5.02 Å². The number of thioether (sulfide) groups is 1. The largest absolute Gasteiger partial charge is 0.316 e. The van der Waals surface area contributed by atoms with Crippen LogP contribution in [0.1, 0.15) is 25.7 Å². The highest BCUT2D eigenvalue weighted by molar-refractivity contribution is 8.00. The summed E-state index contributed by atoms with van der Waals surface area (Å²) in [6.45, 7) is 0. The van der Waals surface area contributed by atoms with Gasteiger partial charge in [0.05, 0.1) is 5.02 Å². The predicted octanol–water partition coefficient (Wildman–Crippen LogP) is 3.96. The summed E-state index contributed by atoms with van der Waals surface area (Å²) in [7, 11) is 2.07. The summed E-state index contributed by atoms with van der Waals surface area (Å²) in [4.78, 5) is 1.22. The molecule has 2 atom stereocenters. The Bertz CT molecular complexity index is 342. The summed E-state index contributed by atoms with van der Waals surface area (Å²) in [6, 6.07) is 8.78. The molecule has 1 aromatic rings. The van der Waals surface area contributed by atoms with Crippen molar-refractivity contribution in [2.24, 2.45) is 0 Å². The quantitative estimate of drug-likeness (QED) is 0.877. The molecule has 2 unspecified atom stereocenters. The average Bonchev–Trinajstić information content (AvgIpc) is 2.33. The van der Waals surface area contributed by atoms with Gasteiger partial charge in [0.2, 0.25) is 0 Å². The van der Waals surface area contributed by atoms with Gasteiger partial charge in [-0.05, 0) is 32.0 Å². The van der Waals surface area contributed by atoms with Gasteiger partial charge in [-0.2, -0.15) is 0 Å². The summed E-state index contributed by atoms with van der Waals surface area (Å²) in [6.07, 6.45) is 5.28. The van der Waals surface area contributed by atoms with Gasteiger partial charge in [0.15, 0.2) is 0 Å². The molecular formula is C13H18ClNS. The van der Waals surface area contributed by atoms with Crippen LogP contribution >= 0.6 is 23.4 Å². The van der Waals surface area contributed by atoms with E-state index < -0.39 is 0 Å². The smallest absolute Gasteiger partial charge is 0.0541 e. The zero-order valence-corrected chi connectivity index (χ0v) is 11.2. The minimum absolute atomic E-state index is 0.634. The van der Waals surface area contributed by atoms with E-state index in [2.05, 4.69) is 24.5 Å². The van der Waals surface area contributed by atoms with E-state index in [1.165, 1.54) is 30.6 Å². The molecule has 1 aliphatic carbocycles. The van der Waals surface area contributed by atoms with E-state index in [1.54, 1.807) is 0 Å². The molecule has 16 heavy (non-hydrogen) atoms. The Balaban J connectivity index is 2.05. The third kappa shape index (κ3) is 2.93. The topological polar surface area (TPSA) is 12.0 Å². The van der Waals surface area contributed by atoms with Gasteiger partial charge >= 0.3 is 0 Å². The van der Waals surface area contributed by atoms with Gasteiger partial charge < -0.3 is 5.32 Å². The molecule has 0 heterocycles. The molecule has 1 N–H and O–H groups in total. The zero-order chi connectivity index (χ0) is 11.4. The van der Waals surface area contributed by atoms with E-state index in [0.29, 0.717) is 11.3 Å². The van der Waals surface area contributed by atoms with Crippen LogP contribution in [-0.2, 0) is 0 Å². The minimum Gasteiger partial charge on any atom is -0.316 e. The first-order chi connectivity index (χ1) is 7.81. The Kier molecular flexibility index (Phi) is 4.56.